The van der Waals surface area contributed by atoms with Crippen LogP contribution in [0.4, 0.5) is 5.82 Å². The molecular formula is C20H23BrN5O7P. The molecule has 34 heavy (non-hydrogen) atoms. The van der Waals surface area contributed by atoms with Crippen LogP contribution in [0.1, 0.15) is 31.2 Å². The molecule has 5 rings (SSSR count). The van der Waals surface area contributed by atoms with Crippen molar-refractivity contribution < 1.29 is 33.1 Å². The number of nitrogens with two attached hydrogens (primary N) is 1. The van der Waals surface area contributed by atoms with Crippen molar-refractivity contribution in [3.63, 3.8) is 0 Å². The summed E-state index contributed by atoms with van der Waals surface area (Å²) in [7, 11) is -3.94. The third kappa shape index (κ3) is 4.27. The van der Waals surface area contributed by atoms with Gasteiger partial charge in [0.05, 0.1) is 25.6 Å². The standard InChI is InChI=1S/C20H23BrN5O7P/c1-20(28)16(27)14(32-19(20)26-10-25-15-17(22)23-9-24-18(15)26)8-31-34(29)30-6-5-13(33-34)11-3-2-4-12(21)7-11/h2-4,7,9-10,13-14,16,19,27-28H,5-6,8H2,1H3,(H2,22,23,24)/t13-,14+,16+,19+,20+,34+/m0/s1. The third-order valence-corrected chi connectivity index (χ3v) is 7.87. The third-order valence-electron chi connectivity index (χ3n) is 5.90. The van der Waals surface area contributed by atoms with Crippen LogP contribution in [0.15, 0.2) is 41.4 Å². The molecule has 0 radical (unpaired) electrons. The predicted octanol–water partition coefficient (Wildman–Crippen LogP) is 2.48. The molecule has 6 atom stereocenters. The van der Waals surface area contributed by atoms with E-state index in [4.69, 9.17) is 24.0 Å². The van der Waals surface area contributed by atoms with Crippen LogP contribution >= 0.6 is 23.8 Å². The van der Waals surface area contributed by atoms with Crippen LogP contribution in [0.25, 0.3) is 11.2 Å². The molecule has 0 saturated carbocycles. The Morgan fingerprint density at radius 3 is 3.00 bits per heavy atom. The van der Waals surface area contributed by atoms with E-state index in [1.807, 2.05) is 24.3 Å². The number of halogens is 1. The highest BCUT2D eigenvalue weighted by molar-refractivity contribution is 9.10. The van der Waals surface area contributed by atoms with Gasteiger partial charge in [-0.1, -0.05) is 28.1 Å². The highest BCUT2D eigenvalue weighted by Crippen LogP contribution is 2.57. The van der Waals surface area contributed by atoms with Gasteiger partial charge in [0.25, 0.3) is 0 Å². The molecule has 1 aromatic carbocycles. The fraction of sp³-hybridized carbons (Fsp3) is 0.450. The largest absolute Gasteiger partial charge is 0.475 e. The van der Waals surface area contributed by atoms with Crippen LogP contribution in [0.5, 0.6) is 0 Å². The number of fused-ring (bicyclic) bond motifs is 1. The Balaban J connectivity index is 1.31. The van der Waals surface area contributed by atoms with Gasteiger partial charge in [0.1, 0.15) is 29.7 Å². The van der Waals surface area contributed by atoms with Crippen LogP contribution in [-0.2, 0) is 22.9 Å². The second-order valence-electron chi connectivity index (χ2n) is 8.29. The van der Waals surface area contributed by atoms with Gasteiger partial charge >= 0.3 is 7.82 Å². The van der Waals surface area contributed by atoms with Crippen molar-refractivity contribution in [2.24, 2.45) is 0 Å². The van der Waals surface area contributed by atoms with Crippen molar-refractivity contribution in [1.29, 1.82) is 0 Å². The number of phosphoric ester groups is 1. The lowest BCUT2D eigenvalue weighted by Crippen LogP contribution is -2.44. The number of nitrogen functional groups attached to an aromatic ring is 1. The number of benzene rings is 1. The summed E-state index contributed by atoms with van der Waals surface area (Å²) in [5, 5.41) is 21.8. The molecule has 0 aliphatic carbocycles. The fourth-order valence-electron chi connectivity index (χ4n) is 4.10. The minimum absolute atomic E-state index is 0.172. The summed E-state index contributed by atoms with van der Waals surface area (Å²) in [4.78, 5) is 12.2. The number of phosphoric acid groups is 1. The number of aliphatic hydroxyl groups is 2. The molecule has 0 amide bonds. The molecule has 0 unspecified atom stereocenters. The predicted molar refractivity (Wildman–Crippen MR) is 122 cm³/mol. The van der Waals surface area contributed by atoms with E-state index in [0.717, 1.165) is 10.0 Å². The van der Waals surface area contributed by atoms with Crippen LogP contribution in [0.3, 0.4) is 0 Å². The topological polar surface area (TPSA) is 164 Å². The van der Waals surface area contributed by atoms with Crippen molar-refractivity contribution in [1.82, 2.24) is 19.5 Å². The molecule has 3 aromatic rings. The van der Waals surface area contributed by atoms with E-state index in [2.05, 4.69) is 30.9 Å². The summed E-state index contributed by atoms with van der Waals surface area (Å²) in [6.45, 7) is 1.24. The highest BCUT2D eigenvalue weighted by atomic mass is 79.9. The molecule has 12 nitrogen and oxygen atoms in total. The van der Waals surface area contributed by atoms with Gasteiger partial charge < -0.3 is 20.7 Å². The van der Waals surface area contributed by atoms with Gasteiger partial charge in [0.2, 0.25) is 0 Å². The first-order valence-electron chi connectivity index (χ1n) is 10.5. The van der Waals surface area contributed by atoms with Crippen molar-refractivity contribution in [2.75, 3.05) is 18.9 Å². The van der Waals surface area contributed by atoms with Crippen molar-refractivity contribution in [3.8, 4) is 0 Å². The Morgan fingerprint density at radius 1 is 1.38 bits per heavy atom. The number of aliphatic hydroxyl groups excluding tert-OH is 1. The summed E-state index contributed by atoms with van der Waals surface area (Å²) in [5.41, 5.74) is 5.58. The Hall–Kier alpha value is -1.96. The maximum absolute atomic E-state index is 13.1. The molecule has 4 heterocycles. The molecule has 0 bridgehead atoms. The zero-order valence-corrected chi connectivity index (χ0v) is 20.5. The van der Waals surface area contributed by atoms with Gasteiger partial charge in [-0.15, -0.1) is 0 Å². The molecular weight excluding hydrogens is 533 g/mol. The van der Waals surface area contributed by atoms with E-state index < -0.39 is 38.0 Å². The van der Waals surface area contributed by atoms with Crippen LogP contribution in [0, 0.1) is 0 Å². The van der Waals surface area contributed by atoms with Crippen molar-refractivity contribution in [2.45, 2.75) is 43.5 Å². The van der Waals surface area contributed by atoms with Crippen molar-refractivity contribution >= 4 is 40.7 Å². The average molecular weight is 556 g/mol. The van der Waals surface area contributed by atoms with E-state index >= 15 is 0 Å². The van der Waals surface area contributed by atoms with Gasteiger partial charge in [-0.25, -0.2) is 19.5 Å². The fourth-order valence-corrected chi connectivity index (χ4v) is 5.91. The molecule has 2 aromatic heterocycles. The summed E-state index contributed by atoms with van der Waals surface area (Å²) in [5.74, 6) is 0.173. The lowest BCUT2D eigenvalue weighted by Gasteiger charge is -2.30. The van der Waals surface area contributed by atoms with Crippen molar-refractivity contribution in [3.05, 3.63) is 47.0 Å². The second kappa shape index (κ2) is 8.92. The van der Waals surface area contributed by atoms with E-state index in [1.165, 1.54) is 24.1 Å². The number of nitrogens with zero attached hydrogens (tertiary/aromatic N) is 4. The zero-order chi connectivity index (χ0) is 24.1. The number of imidazole rings is 1. The maximum Gasteiger partial charge on any atom is 0.475 e. The second-order valence-corrected chi connectivity index (χ2v) is 10.8. The minimum Gasteiger partial charge on any atom is -0.387 e. The lowest BCUT2D eigenvalue weighted by atomic mass is 9.96. The summed E-state index contributed by atoms with van der Waals surface area (Å²) >= 11 is 3.41. The Kier molecular flexibility index (Phi) is 6.23. The summed E-state index contributed by atoms with van der Waals surface area (Å²) in [6, 6.07) is 7.47. The lowest BCUT2D eigenvalue weighted by molar-refractivity contribution is -0.0953. The van der Waals surface area contributed by atoms with Crippen LogP contribution < -0.4 is 5.73 Å². The highest BCUT2D eigenvalue weighted by Gasteiger charge is 2.54. The summed E-state index contributed by atoms with van der Waals surface area (Å²) < 4.78 is 37.8. The first-order chi connectivity index (χ1) is 16.2. The minimum atomic E-state index is -3.94. The smallest absolute Gasteiger partial charge is 0.387 e. The SMILES string of the molecule is C[C@@]1(O)[C@H](O)[C@@H](CO[P@@]2(=O)OCC[C@@H](c3cccc(Br)c3)O2)O[C@H]1n1cnc2c(N)ncnc21. The molecule has 182 valence electrons. The number of rotatable bonds is 5. The normalized spacial score (nSPS) is 34.0. The van der Waals surface area contributed by atoms with E-state index in [9.17, 15) is 14.8 Å². The molecule has 2 aliphatic heterocycles. The van der Waals surface area contributed by atoms with Gasteiger partial charge in [-0.2, -0.15) is 0 Å². The number of ether oxygens (including phenoxy) is 1. The van der Waals surface area contributed by atoms with Crippen LogP contribution in [-0.4, -0.2) is 60.8 Å². The maximum atomic E-state index is 13.1. The molecule has 0 spiro atoms. The summed E-state index contributed by atoms with van der Waals surface area (Å²) in [6.07, 6.45) is -0.817. The zero-order valence-electron chi connectivity index (χ0n) is 18.0. The quantitative estimate of drug-likeness (QED) is 0.396. The molecule has 4 N–H and O–H groups in total. The van der Waals surface area contributed by atoms with Gasteiger partial charge in [-0.3, -0.25) is 18.1 Å². The Morgan fingerprint density at radius 2 is 2.21 bits per heavy atom. The average Bonchev–Trinajstić information content (AvgIpc) is 3.32. The van der Waals surface area contributed by atoms with E-state index in [-0.39, 0.29) is 19.0 Å². The van der Waals surface area contributed by atoms with Gasteiger partial charge in [-0.05, 0) is 24.6 Å². The number of hydrogen-bond donors (Lipinski definition) is 3. The monoisotopic (exact) mass is 555 g/mol. The first-order valence-corrected chi connectivity index (χ1v) is 12.8. The van der Waals surface area contributed by atoms with Crippen LogP contribution in [0.2, 0.25) is 0 Å². The van der Waals surface area contributed by atoms with E-state index in [0.29, 0.717) is 17.6 Å². The Labute approximate surface area is 202 Å². The molecule has 2 saturated heterocycles. The Bertz CT molecular complexity index is 1260. The number of hydrogen-bond acceptors (Lipinski definition) is 11. The molecule has 14 heteroatoms. The van der Waals surface area contributed by atoms with Gasteiger partial charge in [0.15, 0.2) is 17.7 Å². The number of anilines is 1. The number of aromatic nitrogens is 4. The van der Waals surface area contributed by atoms with E-state index in [1.54, 1.807) is 0 Å². The molecule has 2 fully saturated rings. The van der Waals surface area contributed by atoms with Gasteiger partial charge in [0, 0.05) is 10.9 Å². The first kappa shape index (κ1) is 23.8. The molecule has 2 aliphatic rings.